The SMILES string of the molecule is CCc1cc(C(=O)CN2CCCCC2)c(C)n1-c1ccc(Cl)cc1. The van der Waals surface area contributed by atoms with Crippen molar-refractivity contribution in [2.24, 2.45) is 0 Å². The Morgan fingerprint density at radius 1 is 1.12 bits per heavy atom. The third-order valence-corrected chi connectivity index (χ3v) is 5.14. The van der Waals surface area contributed by atoms with E-state index in [9.17, 15) is 4.79 Å². The van der Waals surface area contributed by atoms with Crippen molar-refractivity contribution in [2.45, 2.75) is 39.5 Å². The Bertz CT molecular complexity index is 712. The first-order valence-corrected chi connectivity index (χ1v) is 9.20. The Balaban J connectivity index is 1.89. The van der Waals surface area contributed by atoms with Gasteiger partial charge in [0, 0.05) is 27.7 Å². The summed E-state index contributed by atoms with van der Waals surface area (Å²) in [5.41, 5.74) is 4.10. The summed E-state index contributed by atoms with van der Waals surface area (Å²) in [6.45, 7) is 6.79. The molecule has 0 aliphatic carbocycles. The van der Waals surface area contributed by atoms with Gasteiger partial charge in [0.1, 0.15) is 0 Å². The van der Waals surface area contributed by atoms with Gasteiger partial charge in [-0.3, -0.25) is 9.69 Å². The Morgan fingerprint density at radius 3 is 2.42 bits per heavy atom. The fourth-order valence-electron chi connectivity index (χ4n) is 3.57. The molecule has 0 atom stereocenters. The van der Waals surface area contributed by atoms with Crippen LogP contribution in [0.3, 0.4) is 0 Å². The van der Waals surface area contributed by atoms with E-state index in [-0.39, 0.29) is 5.78 Å². The summed E-state index contributed by atoms with van der Waals surface area (Å²) in [6, 6.07) is 9.87. The topological polar surface area (TPSA) is 25.2 Å². The normalized spacial score (nSPS) is 15.6. The van der Waals surface area contributed by atoms with Crippen molar-refractivity contribution in [2.75, 3.05) is 19.6 Å². The number of piperidine rings is 1. The number of carbonyl (C=O) groups is 1. The van der Waals surface area contributed by atoms with Crippen LogP contribution in [0.5, 0.6) is 0 Å². The number of ketones is 1. The number of rotatable bonds is 5. The van der Waals surface area contributed by atoms with Crippen LogP contribution in [0.15, 0.2) is 30.3 Å². The van der Waals surface area contributed by atoms with Gasteiger partial charge in [-0.2, -0.15) is 0 Å². The van der Waals surface area contributed by atoms with Crippen LogP contribution < -0.4 is 0 Å². The number of likely N-dealkylation sites (tertiary alicyclic amines) is 1. The lowest BCUT2D eigenvalue weighted by molar-refractivity contribution is 0.0915. The van der Waals surface area contributed by atoms with E-state index < -0.39 is 0 Å². The molecule has 1 aromatic carbocycles. The first-order chi connectivity index (χ1) is 11.6. The molecule has 0 radical (unpaired) electrons. The second-order valence-electron chi connectivity index (χ2n) is 6.56. The van der Waals surface area contributed by atoms with Gasteiger partial charge in [-0.25, -0.2) is 0 Å². The average molecular weight is 345 g/mol. The molecule has 0 spiro atoms. The highest BCUT2D eigenvalue weighted by Crippen LogP contribution is 2.24. The zero-order chi connectivity index (χ0) is 17.1. The smallest absolute Gasteiger partial charge is 0.178 e. The number of halogens is 1. The zero-order valence-corrected chi connectivity index (χ0v) is 15.3. The molecular formula is C20H25ClN2O. The summed E-state index contributed by atoms with van der Waals surface area (Å²) in [6.07, 6.45) is 4.59. The number of hydrogen-bond donors (Lipinski definition) is 0. The average Bonchev–Trinajstić information content (AvgIpc) is 2.93. The van der Waals surface area contributed by atoms with Crippen LogP contribution in [0.2, 0.25) is 5.02 Å². The van der Waals surface area contributed by atoms with Gasteiger partial charge in [0.2, 0.25) is 0 Å². The van der Waals surface area contributed by atoms with E-state index in [1.807, 2.05) is 31.2 Å². The third kappa shape index (κ3) is 3.57. The van der Waals surface area contributed by atoms with Crippen LogP contribution in [-0.2, 0) is 6.42 Å². The molecule has 1 aliphatic rings. The number of aryl methyl sites for hydroxylation is 1. The highest BCUT2D eigenvalue weighted by Gasteiger charge is 2.20. The van der Waals surface area contributed by atoms with Gasteiger partial charge < -0.3 is 4.57 Å². The summed E-state index contributed by atoms with van der Waals surface area (Å²) in [5, 5.41) is 0.725. The standard InChI is InChI=1S/C20H25ClN2O/c1-3-17-13-19(20(24)14-22-11-5-4-6-12-22)15(2)23(17)18-9-7-16(21)8-10-18/h7-10,13H,3-6,11-12,14H2,1-2H3. The number of benzene rings is 1. The molecule has 0 amide bonds. The molecule has 0 saturated carbocycles. The van der Waals surface area contributed by atoms with Gasteiger partial charge in [0.25, 0.3) is 0 Å². The lowest BCUT2D eigenvalue weighted by Crippen LogP contribution is -2.34. The predicted molar refractivity (Wildman–Crippen MR) is 99.5 cm³/mol. The van der Waals surface area contributed by atoms with E-state index in [0.717, 1.165) is 47.2 Å². The minimum atomic E-state index is 0.233. The molecule has 0 unspecified atom stereocenters. The molecule has 2 aromatic rings. The molecular weight excluding hydrogens is 320 g/mol. The van der Waals surface area contributed by atoms with E-state index in [1.165, 1.54) is 19.3 Å². The summed E-state index contributed by atoms with van der Waals surface area (Å²) < 4.78 is 2.18. The molecule has 2 heterocycles. The first-order valence-electron chi connectivity index (χ1n) is 8.83. The van der Waals surface area contributed by atoms with E-state index in [2.05, 4.69) is 22.5 Å². The van der Waals surface area contributed by atoms with Crippen LogP contribution >= 0.6 is 11.6 Å². The monoisotopic (exact) mass is 344 g/mol. The van der Waals surface area contributed by atoms with Crippen LogP contribution in [0, 0.1) is 6.92 Å². The quantitative estimate of drug-likeness (QED) is 0.736. The maximum absolute atomic E-state index is 12.8. The number of aromatic nitrogens is 1. The molecule has 4 heteroatoms. The molecule has 0 bridgehead atoms. The second-order valence-corrected chi connectivity index (χ2v) is 7.00. The van der Waals surface area contributed by atoms with E-state index in [0.29, 0.717) is 6.54 Å². The number of Topliss-reactive ketones (excluding diaryl/α,β-unsaturated/α-hetero) is 1. The van der Waals surface area contributed by atoms with Crippen LogP contribution in [-0.4, -0.2) is 34.9 Å². The van der Waals surface area contributed by atoms with Crippen molar-refractivity contribution in [3.8, 4) is 5.69 Å². The second kappa shape index (κ2) is 7.54. The fraction of sp³-hybridized carbons (Fsp3) is 0.450. The lowest BCUT2D eigenvalue weighted by atomic mass is 10.1. The maximum Gasteiger partial charge on any atom is 0.178 e. The summed E-state index contributed by atoms with van der Waals surface area (Å²) in [7, 11) is 0. The Labute approximate surface area is 149 Å². The van der Waals surface area contributed by atoms with Gasteiger partial charge in [0.15, 0.2) is 5.78 Å². The van der Waals surface area contributed by atoms with Crippen molar-refractivity contribution in [3.05, 3.63) is 52.3 Å². The van der Waals surface area contributed by atoms with Crippen molar-refractivity contribution in [1.29, 1.82) is 0 Å². The van der Waals surface area contributed by atoms with Crippen molar-refractivity contribution in [1.82, 2.24) is 9.47 Å². The largest absolute Gasteiger partial charge is 0.317 e. The molecule has 3 rings (SSSR count). The molecule has 128 valence electrons. The third-order valence-electron chi connectivity index (χ3n) is 4.89. The number of carbonyl (C=O) groups excluding carboxylic acids is 1. The Kier molecular flexibility index (Phi) is 5.42. The molecule has 1 fully saturated rings. The molecule has 24 heavy (non-hydrogen) atoms. The highest BCUT2D eigenvalue weighted by atomic mass is 35.5. The molecule has 3 nitrogen and oxygen atoms in total. The Morgan fingerprint density at radius 2 is 1.79 bits per heavy atom. The van der Waals surface area contributed by atoms with Gasteiger partial charge in [-0.15, -0.1) is 0 Å². The zero-order valence-electron chi connectivity index (χ0n) is 14.5. The van der Waals surface area contributed by atoms with E-state index in [4.69, 9.17) is 11.6 Å². The summed E-state index contributed by atoms with van der Waals surface area (Å²) in [4.78, 5) is 15.1. The predicted octanol–water partition coefficient (Wildman–Crippen LogP) is 4.67. The van der Waals surface area contributed by atoms with Crippen molar-refractivity contribution >= 4 is 17.4 Å². The van der Waals surface area contributed by atoms with E-state index >= 15 is 0 Å². The summed E-state index contributed by atoms with van der Waals surface area (Å²) in [5.74, 6) is 0.233. The maximum atomic E-state index is 12.8. The van der Waals surface area contributed by atoms with Crippen molar-refractivity contribution < 1.29 is 4.79 Å². The lowest BCUT2D eigenvalue weighted by Gasteiger charge is -2.25. The van der Waals surface area contributed by atoms with Crippen LogP contribution in [0.4, 0.5) is 0 Å². The Hall–Kier alpha value is -1.58. The molecule has 1 aliphatic heterocycles. The first kappa shape index (κ1) is 17.2. The van der Waals surface area contributed by atoms with Gasteiger partial charge in [-0.1, -0.05) is 24.9 Å². The molecule has 1 aromatic heterocycles. The van der Waals surface area contributed by atoms with Gasteiger partial charge >= 0.3 is 0 Å². The molecule has 1 saturated heterocycles. The molecule has 0 N–H and O–H groups in total. The van der Waals surface area contributed by atoms with Gasteiger partial charge in [0.05, 0.1) is 6.54 Å². The number of hydrogen-bond acceptors (Lipinski definition) is 2. The summed E-state index contributed by atoms with van der Waals surface area (Å²) >= 11 is 6.01. The van der Waals surface area contributed by atoms with Crippen molar-refractivity contribution in [3.63, 3.8) is 0 Å². The fourth-order valence-corrected chi connectivity index (χ4v) is 3.70. The van der Waals surface area contributed by atoms with Gasteiger partial charge in [-0.05, 0) is 69.6 Å². The highest BCUT2D eigenvalue weighted by molar-refractivity contribution is 6.30. The van der Waals surface area contributed by atoms with Crippen LogP contribution in [0.25, 0.3) is 5.69 Å². The number of nitrogens with zero attached hydrogens (tertiary/aromatic N) is 2. The minimum absolute atomic E-state index is 0.233. The van der Waals surface area contributed by atoms with E-state index in [1.54, 1.807) is 0 Å². The van der Waals surface area contributed by atoms with Crippen LogP contribution in [0.1, 0.15) is 47.9 Å². The minimum Gasteiger partial charge on any atom is -0.317 e.